The average Bonchev–Trinajstić information content (AvgIpc) is 2.54. The second kappa shape index (κ2) is 7.44. The zero-order chi connectivity index (χ0) is 17.7. The van der Waals surface area contributed by atoms with Crippen molar-refractivity contribution >= 4 is 5.91 Å². The first-order valence-electron chi connectivity index (χ1n) is 7.05. The van der Waals surface area contributed by atoms with Gasteiger partial charge in [0.05, 0.1) is 11.7 Å². The zero-order valence-corrected chi connectivity index (χ0v) is 12.7. The highest BCUT2D eigenvalue weighted by Gasteiger charge is 2.30. The van der Waals surface area contributed by atoms with Crippen LogP contribution in [0.4, 0.5) is 17.6 Å². The Kier molecular flexibility index (Phi) is 5.56. The molecule has 1 N–H and O–H groups in total. The Labute approximate surface area is 136 Å². The summed E-state index contributed by atoms with van der Waals surface area (Å²) >= 11 is 0. The van der Waals surface area contributed by atoms with E-state index in [1.165, 1.54) is 25.3 Å². The fourth-order valence-corrected chi connectivity index (χ4v) is 2.14. The minimum Gasteiger partial charge on any atom is -0.375 e. The summed E-state index contributed by atoms with van der Waals surface area (Å²) in [7, 11) is 1.42. The predicted octanol–water partition coefficient (Wildman–Crippen LogP) is 3.96. The number of benzene rings is 2. The minimum atomic E-state index is -4.45. The molecular formula is C17H15F4NO2. The van der Waals surface area contributed by atoms with E-state index in [1.807, 2.05) is 0 Å². The number of hydrogen-bond acceptors (Lipinski definition) is 2. The van der Waals surface area contributed by atoms with Crippen LogP contribution in [0.15, 0.2) is 48.5 Å². The molecule has 0 aliphatic heterocycles. The third kappa shape index (κ3) is 4.55. The lowest BCUT2D eigenvalue weighted by molar-refractivity contribution is -0.137. The smallest absolute Gasteiger partial charge is 0.375 e. The molecule has 0 bridgehead atoms. The summed E-state index contributed by atoms with van der Waals surface area (Å²) in [6.45, 7) is 0.0554. The first-order chi connectivity index (χ1) is 11.3. The van der Waals surface area contributed by atoms with Gasteiger partial charge in [0.25, 0.3) is 5.91 Å². The second-order valence-electron chi connectivity index (χ2n) is 5.06. The molecule has 2 aromatic rings. The molecule has 128 valence electrons. The maximum Gasteiger partial charge on any atom is 0.416 e. The predicted molar refractivity (Wildman–Crippen MR) is 79.9 cm³/mol. The van der Waals surface area contributed by atoms with Crippen LogP contribution in [0.1, 0.15) is 27.6 Å². The quantitative estimate of drug-likeness (QED) is 0.836. The summed E-state index contributed by atoms with van der Waals surface area (Å²) in [5.41, 5.74) is -0.184. The molecule has 1 atom stereocenters. The fourth-order valence-electron chi connectivity index (χ4n) is 2.14. The number of amides is 1. The van der Waals surface area contributed by atoms with Crippen molar-refractivity contribution in [2.75, 3.05) is 13.7 Å². The third-order valence-electron chi connectivity index (χ3n) is 3.43. The van der Waals surface area contributed by atoms with Gasteiger partial charge in [0.15, 0.2) is 0 Å². The Balaban J connectivity index is 2.01. The lowest BCUT2D eigenvalue weighted by Gasteiger charge is -2.17. The van der Waals surface area contributed by atoms with Gasteiger partial charge in [-0.25, -0.2) is 4.39 Å². The monoisotopic (exact) mass is 341 g/mol. The van der Waals surface area contributed by atoms with Crippen molar-refractivity contribution in [3.63, 3.8) is 0 Å². The van der Waals surface area contributed by atoms with Crippen LogP contribution in [-0.4, -0.2) is 19.6 Å². The number of ether oxygens (including phenoxy) is 1. The summed E-state index contributed by atoms with van der Waals surface area (Å²) in [6.07, 6.45) is -5.02. The molecular weight excluding hydrogens is 326 g/mol. The van der Waals surface area contributed by atoms with E-state index < -0.39 is 29.6 Å². The molecule has 0 radical (unpaired) electrons. The molecule has 7 heteroatoms. The van der Waals surface area contributed by atoms with Crippen LogP contribution in [-0.2, 0) is 10.9 Å². The van der Waals surface area contributed by atoms with Gasteiger partial charge in [-0.3, -0.25) is 4.79 Å². The Hall–Kier alpha value is -2.41. The van der Waals surface area contributed by atoms with Gasteiger partial charge in [-0.1, -0.05) is 12.1 Å². The zero-order valence-electron chi connectivity index (χ0n) is 12.7. The van der Waals surface area contributed by atoms with Gasteiger partial charge in [0.2, 0.25) is 0 Å². The van der Waals surface area contributed by atoms with E-state index in [9.17, 15) is 22.4 Å². The number of alkyl halides is 3. The molecule has 0 saturated carbocycles. The summed E-state index contributed by atoms with van der Waals surface area (Å²) in [5.74, 6) is -0.967. The van der Waals surface area contributed by atoms with Gasteiger partial charge in [-0.15, -0.1) is 0 Å². The van der Waals surface area contributed by atoms with Crippen LogP contribution >= 0.6 is 0 Å². The number of rotatable bonds is 5. The molecule has 0 saturated heterocycles. The van der Waals surface area contributed by atoms with Crippen LogP contribution in [0.25, 0.3) is 0 Å². The molecule has 0 aliphatic carbocycles. The SMILES string of the molecule is COC(CNC(=O)c1ccc(C(F)(F)F)cc1)c1cccc(F)c1. The van der Waals surface area contributed by atoms with Crippen molar-refractivity contribution in [1.82, 2.24) is 5.32 Å². The highest BCUT2D eigenvalue weighted by molar-refractivity contribution is 5.94. The van der Waals surface area contributed by atoms with E-state index in [2.05, 4.69) is 5.32 Å². The van der Waals surface area contributed by atoms with Gasteiger partial charge in [0.1, 0.15) is 5.82 Å². The van der Waals surface area contributed by atoms with Crippen molar-refractivity contribution < 1.29 is 27.1 Å². The molecule has 3 nitrogen and oxygen atoms in total. The number of nitrogens with one attached hydrogen (secondary N) is 1. The van der Waals surface area contributed by atoms with E-state index in [0.717, 1.165) is 24.3 Å². The Bertz CT molecular complexity index is 698. The number of carbonyl (C=O) groups is 1. The largest absolute Gasteiger partial charge is 0.416 e. The van der Waals surface area contributed by atoms with Crippen molar-refractivity contribution in [1.29, 1.82) is 0 Å². The molecule has 0 spiro atoms. The van der Waals surface area contributed by atoms with Crippen molar-refractivity contribution in [2.24, 2.45) is 0 Å². The average molecular weight is 341 g/mol. The van der Waals surface area contributed by atoms with E-state index in [-0.39, 0.29) is 12.1 Å². The van der Waals surface area contributed by atoms with Crippen LogP contribution < -0.4 is 5.32 Å². The fraction of sp³-hybridized carbons (Fsp3) is 0.235. The van der Waals surface area contributed by atoms with Gasteiger partial charge in [-0.2, -0.15) is 13.2 Å². The summed E-state index contributed by atoms with van der Waals surface area (Å²) in [6, 6.07) is 9.64. The standard InChI is InChI=1S/C17H15F4NO2/c1-24-15(12-3-2-4-14(18)9-12)10-22-16(23)11-5-7-13(8-6-11)17(19,20)21/h2-9,15H,10H2,1H3,(H,22,23). The first kappa shape index (κ1) is 17.9. The number of methoxy groups -OCH3 is 1. The molecule has 1 unspecified atom stereocenters. The summed E-state index contributed by atoms with van der Waals surface area (Å²) < 4.78 is 55.9. The van der Waals surface area contributed by atoms with Gasteiger partial charge in [-0.05, 0) is 42.0 Å². The van der Waals surface area contributed by atoms with E-state index in [0.29, 0.717) is 5.56 Å². The van der Waals surface area contributed by atoms with Crippen LogP contribution in [0.5, 0.6) is 0 Å². The van der Waals surface area contributed by atoms with Crippen molar-refractivity contribution in [3.05, 3.63) is 71.0 Å². The molecule has 0 heterocycles. The van der Waals surface area contributed by atoms with Gasteiger partial charge in [0, 0.05) is 19.2 Å². The third-order valence-corrected chi connectivity index (χ3v) is 3.43. The molecule has 1 amide bonds. The van der Waals surface area contributed by atoms with Crippen LogP contribution in [0.2, 0.25) is 0 Å². The lowest BCUT2D eigenvalue weighted by atomic mass is 10.1. The Morgan fingerprint density at radius 2 is 1.83 bits per heavy atom. The maximum absolute atomic E-state index is 13.2. The number of carbonyl (C=O) groups excluding carboxylic acids is 1. The first-order valence-corrected chi connectivity index (χ1v) is 7.05. The van der Waals surface area contributed by atoms with Crippen LogP contribution in [0, 0.1) is 5.82 Å². The second-order valence-corrected chi connectivity index (χ2v) is 5.06. The van der Waals surface area contributed by atoms with Gasteiger partial charge >= 0.3 is 6.18 Å². The molecule has 0 aromatic heterocycles. The number of hydrogen-bond donors (Lipinski definition) is 1. The number of halogens is 4. The molecule has 2 aromatic carbocycles. The molecule has 2 rings (SSSR count). The van der Waals surface area contributed by atoms with E-state index in [4.69, 9.17) is 4.74 Å². The van der Waals surface area contributed by atoms with E-state index >= 15 is 0 Å². The van der Waals surface area contributed by atoms with Gasteiger partial charge < -0.3 is 10.1 Å². The van der Waals surface area contributed by atoms with Crippen molar-refractivity contribution in [3.8, 4) is 0 Å². The topological polar surface area (TPSA) is 38.3 Å². The normalized spacial score (nSPS) is 12.7. The van der Waals surface area contributed by atoms with E-state index in [1.54, 1.807) is 6.07 Å². The Morgan fingerprint density at radius 3 is 2.38 bits per heavy atom. The molecule has 24 heavy (non-hydrogen) atoms. The highest BCUT2D eigenvalue weighted by atomic mass is 19.4. The van der Waals surface area contributed by atoms with Crippen LogP contribution in [0.3, 0.4) is 0 Å². The van der Waals surface area contributed by atoms with Crippen molar-refractivity contribution in [2.45, 2.75) is 12.3 Å². The maximum atomic E-state index is 13.2. The highest BCUT2D eigenvalue weighted by Crippen LogP contribution is 2.29. The summed E-state index contributed by atoms with van der Waals surface area (Å²) in [4.78, 5) is 12.0. The molecule has 0 fully saturated rings. The molecule has 0 aliphatic rings. The minimum absolute atomic E-state index is 0.0554. The summed E-state index contributed by atoms with van der Waals surface area (Å²) in [5, 5.41) is 2.56. The lowest BCUT2D eigenvalue weighted by Crippen LogP contribution is -2.29. The Morgan fingerprint density at radius 1 is 1.17 bits per heavy atom.